The molecule has 1 atom stereocenters. The van der Waals surface area contributed by atoms with Crippen LogP contribution in [-0.2, 0) is 11.8 Å². The Balaban J connectivity index is 1.49. The minimum absolute atomic E-state index is 0.136. The van der Waals surface area contributed by atoms with Crippen LogP contribution in [0.4, 0.5) is 21.5 Å². The van der Waals surface area contributed by atoms with E-state index in [-0.39, 0.29) is 11.5 Å². The number of amides is 2. The molecule has 0 saturated heterocycles. The van der Waals surface area contributed by atoms with Crippen molar-refractivity contribution in [2.24, 2.45) is 13.0 Å². The molecule has 2 heterocycles. The van der Waals surface area contributed by atoms with Crippen LogP contribution >= 0.6 is 0 Å². The summed E-state index contributed by atoms with van der Waals surface area (Å²) in [5.41, 5.74) is 1.84. The topological polar surface area (TPSA) is 101 Å². The molecule has 1 saturated carbocycles. The molecule has 1 aliphatic carbocycles. The lowest BCUT2D eigenvalue weighted by molar-refractivity contribution is -0.118. The van der Waals surface area contributed by atoms with Crippen LogP contribution in [0.15, 0.2) is 55.1 Å². The molecule has 3 aromatic rings. The lowest BCUT2D eigenvalue weighted by Crippen LogP contribution is -2.44. The van der Waals surface area contributed by atoms with Crippen LogP contribution in [0.2, 0.25) is 0 Å². The fourth-order valence-electron chi connectivity index (χ4n) is 4.16. The molecule has 0 aliphatic heterocycles. The van der Waals surface area contributed by atoms with Gasteiger partial charge in [0.1, 0.15) is 11.9 Å². The van der Waals surface area contributed by atoms with E-state index in [0.29, 0.717) is 23.7 Å². The molecule has 1 aromatic carbocycles. The first kappa shape index (κ1) is 22.4. The van der Waals surface area contributed by atoms with E-state index in [1.54, 1.807) is 54.7 Å². The molecule has 3 N–H and O–H groups in total. The molecule has 1 aliphatic rings. The zero-order valence-electron chi connectivity index (χ0n) is 18.4. The van der Waals surface area contributed by atoms with Crippen LogP contribution < -0.4 is 16.0 Å². The monoisotopic (exact) mass is 450 g/mol. The Bertz CT molecular complexity index is 1110. The maximum absolute atomic E-state index is 14.3. The van der Waals surface area contributed by atoms with E-state index in [2.05, 4.69) is 26.0 Å². The number of carbonyl (C=O) groups excluding carboxylic acids is 2. The average molecular weight is 451 g/mol. The van der Waals surface area contributed by atoms with E-state index >= 15 is 0 Å². The summed E-state index contributed by atoms with van der Waals surface area (Å²) in [6.07, 6.45) is 11.3. The van der Waals surface area contributed by atoms with Gasteiger partial charge in [0.2, 0.25) is 5.91 Å². The minimum Gasteiger partial charge on any atom is -0.355 e. The zero-order chi connectivity index (χ0) is 23.2. The molecular formula is C24H27FN6O2. The minimum atomic E-state index is -0.735. The lowest BCUT2D eigenvalue weighted by atomic mass is 9.97. The Morgan fingerprint density at radius 3 is 2.58 bits per heavy atom. The summed E-state index contributed by atoms with van der Waals surface area (Å²) in [5, 5.41) is 12.8. The molecule has 1 fully saturated rings. The van der Waals surface area contributed by atoms with Gasteiger partial charge in [-0.05, 0) is 42.7 Å². The Hall–Kier alpha value is -3.75. The first-order chi connectivity index (χ1) is 16.0. The zero-order valence-corrected chi connectivity index (χ0v) is 18.4. The maximum Gasteiger partial charge on any atom is 0.252 e. The smallest absolute Gasteiger partial charge is 0.252 e. The number of aryl methyl sites for hydroxylation is 1. The van der Waals surface area contributed by atoms with E-state index in [9.17, 15) is 14.0 Å². The van der Waals surface area contributed by atoms with Crippen LogP contribution in [0.1, 0.15) is 42.5 Å². The van der Waals surface area contributed by atoms with Gasteiger partial charge in [0, 0.05) is 42.6 Å². The molecule has 4 rings (SSSR count). The first-order valence-corrected chi connectivity index (χ1v) is 11.0. The summed E-state index contributed by atoms with van der Waals surface area (Å²) >= 11 is 0. The second-order valence-electron chi connectivity index (χ2n) is 8.39. The highest BCUT2D eigenvalue weighted by Crippen LogP contribution is 2.29. The van der Waals surface area contributed by atoms with Crippen LogP contribution in [0.5, 0.6) is 0 Å². The van der Waals surface area contributed by atoms with Crippen molar-refractivity contribution in [3.8, 4) is 0 Å². The van der Waals surface area contributed by atoms with Crippen molar-refractivity contribution in [3.05, 3.63) is 66.5 Å². The van der Waals surface area contributed by atoms with E-state index in [1.165, 1.54) is 12.1 Å². The van der Waals surface area contributed by atoms with Crippen molar-refractivity contribution in [2.45, 2.75) is 38.1 Å². The molecule has 9 heteroatoms. The molecule has 0 radical (unpaired) electrons. The standard InChI is InChI=1S/C24H27FN6O2/c1-31-15-21(14-27-31)29-24(33)22(10-16-4-2-3-5-16)30-23(32)17-11-18(25)13-20(12-17)28-19-6-8-26-9-7-19/h6-9,11-16,22H,2-5,10H2,1H3,(H,26,28)(H,29,33)(H,30,32)/t22-/m0/s1. The molecule has 0 unspecified atom stereocenters. The largest absolute Gasteiger partial charge is 0.355 e. The second-order valence-corrected chi connectivity index (χ2v) is 8.39. The normalized spacial score (nSPS) is 14.6. The Labute approximate surface area is 191 Å². The fraction of sp³-hybridized carbons (Fsp3) is 0.333. The predicted molar refractivity (Wildman–Crippen MR) is 124 cm³/mol. The number of nitrogens with one attached hydrogen (secondary N) is 3. The third-order valence-electron chi connectivity index (χ3n) is 5.77. The molecule has 0 bridgehead atoms. The summed E-state index contributed by atoms with van der Waals surface area (Å²) in [6.45, 7) is 0. The van der Waals surface area contributed by atoms with Gasteiger partial charge >= 0.3 is 0 Å². The van der Waals surface area contributed by atoms with Gasteiger partial charge in [-0.25, -0.2) is 4.39 Å². The van der Waals surface area contributed by atoms with Crippen LogP contribution in [0, 0.1) is 11.7 Å². The molecule has 2 aromatic heterocycles. The van der Waals surface area contributed by atoms with Gasteiger partial charge in [0.05, 0.1) is 11.9 Å². The van der Waals surface area contributed by atoms with Crippen molar-refractivity contribution >= 4 is 28.9 Å². The molecule has 8 nitrogen and oxygen atoms in total. The number of hydrogen-bond acceptors (Lipinski definition) is 5. The number of carbonyl (C=O) groups is 2. The molecule has 172 valence electrons. The highest BCUT2D eigenvalue weighted by molar-refractivity contribution is 6.01. The van der Waals surface area contributed by atoms with Crippen molar-refractivity contribution in [3.63, 3.8) is 0 Å². The molecular weight excluding hydrogens is 423 g/mol. The summed E-state index contributed by atoms with van der Waals surface area (Å²) < 4.78 is 15.9. The van der Waals surface area contributed by atoms with Gasteiger partial charge in [0.15, 0.2) is 0 Å². The van der Waals surface area contributed by atoms with Crippen molar-refractivity contribution < 1.29 is 14.0 Å². The summed E-state index contributed by atoms with van der Waals surface area (Å²) in [4.78, 5) is 30.0. The third-order valence-corrected chi connectivity index (χ3v) is 5.77. The summed E-state index contributed by atoms with van der Waals surface area (Å²) in [6, 6.07) is 6.78. The van der Waals surface area contributed by atoms with Gasteiger partial charge in [-0.15, -0.1) is 0 Å². The van der Waals surface area contributed by atoms with Gasteiger partial charge < -0.3 is 16.0 Å². The summed E-state index contributed by atoms with van der Waals surface area (Å²) in [5.74, 6) is -0.996. The van der Waals surface area contributed by atoms with Crippen molar-refractivity contribution in [2.75, 3.05) is 10.6 Å². The number of pyridine rings is 1. The second kappa shape index (κ2) is 10.2. The van der Waals surface area contributed by atoms with E-state index < -0.39 is 17.8 Å². The highest BCUT2D eigenvalue weighted by Gasteiger charge is 2.27. The highest BCUT2D eigenvalue weighted by atomic mass is 19.1. The Kier molecular flexibility index (Phi) is 6.97. The lowest BCUT2D eigenvalue weighted by Gasteiger charge is -2.21. The third kappa shape index (κ3) is 6.15. The number of hydrogen-bond donors (Lipinski definition) is 3. The number of halogens is 1. The Morgan fingerprint density at radius 1 is 1.12 bits per heavy atom. The van der Waals surface area contributed by atoms with Gasteiger partial charge in [0.25, 0.3) is 5.91 Å². The number of anilines is 3. The number of rotatable bonds is 8. The Morgan fingerprint density at radius 2 is 1.88 bits per heavy atom. The van der Waals surface area contributed by atoms with Gasteiger partial charge in [-0.2, -0.15) is 5.10 Å². The SMILES string of the molecule is Cn1cc(NC(=O)[C@H](CC2CCCC2)NC(=O)c2cc(F)cc(Nc3ccncc3)c2)cn1. The fourth-order valence-corrected chi connectivity index (χ4v) is 4.16. The van der Waals surface area contributed by atoms with Crippen LogP contribution in [-0.4, -0.2) is 32.6 Å². The maximum atomic E-state index is 14.3. The average Bonchev–Trinajstić information content (AvgIpc) is 3.45. The van der Waals surface area contributed by atoms with E-state index in [0.717, 1.165) is 31.4 Å². The quantitative estimate of drug-likeness (QED) is 0.481. The van der Waals surface area contributed by atoms with E-state index in [1.807, 2.05) is 0 Å². The number of benzene rings is 1. The molecule has 33 heavy (non-hydrogen) atoms. The van der Waals surface area contributed by atoms with Crippen LogP contribution in [0.25, 0.3) is 0 Å². The van der Waals surface area contributed by atoms with Crippen molar-refractivity contribution in [1.82, 2.24) is 20.1 Å². The number of nitrogens with zero attached hydrogens (tertiary/aromatic N) is 3. The number of aromatic nitrogens is 3. The first-order valence-electron chi connectivity index (χ1n) is 11.0. The molecule has 0 spiro atoms. The van der Waals surface area contributed by atoms with Crippen LogP contribution in [0.3, 0.4) is 0 Å². The van der Waals surface area contributed by atoms with Gasteiger partial charge in [-0.1, -0.05) is 25.7 Å². The summed E-state index contributed by atoms with van der Waals surface area (Å²) in [7, 11) is 1.76. The molecule has 2 amide bonds. The van der Waals surface area contributed by atoms with E-state index in [4.69, 9.17) is 0 Å². The van der Waals surface area contributed by atoms with Gasteiger partial charge in [-0.3, -0.25) is 19.3 Å². The van der Waals surface area contributed by atoms with Crippen molar-refractivity contribution in [1.29, 1.82) is 0 Å². The predicted octanol–water partition coefficient (Wildman–Crippen LogP) is 4.02.